The maximum absolute atomic E-state index is 12.9. The van der Waals surface area contributed by atoms with E-state index in [1.54, 1.807) is 54.6 Å². The van der Waals surface area contributed by atoms with Gasteiger partial charge in [-0.15, -0.1) is 5.06 Å². The zero-order valence-electron chi connectivity index (χ0n) is 70.8. The molecule has 0 bridgehead atoms. The van der Waals surface area contributed by atoms with E-state index in [0.717, 1.165) is 89.3 Å². The van der Waals surface area contributed by atoms with Crippen LogP contribution in [0.1, 0.15) is 119 Å². The number of hydrogen-bond acceptors (Lipinski definition) is 26. The Kier molecular flexibility index (Phi) is 45.8. The number of hydrogen-bond donors (Lipinski definition) is 5. The van der Waals surface area contributed by atoms with Crippen LogP contribution in [0.5, 0.6) is 0 Å². The number of fused-ring (bicyclic) bond motifs is 3. The summed E-state index contributed by atoms with van der Waals surface area (Å²) in [7, 11) is -4.60. The fourth-order valence-electron chi connectivity index (χ4n) is 14.4. The van der Waals surface area contributed by atoms with E-state index in [1.807, 2.05) is 61.6 Å². The number of carbonyl (C=O) groups excluding carboxylic acids is 8. The molecule has 11 rings (SSSR count). The molecule has 0 spiro atoms. The minimum atomic E-state index is -3.74. The van der Waals surface area contributed by atoms with Crippen LogP contribution in [0.25, 0.3) is 0 Å². The van der Waals surface area contributed by atoms with Crippen molar-refractivity contribution in [2.75, 3.05) is 178 Å². The second-order valence-corrected chi connectivity index (χ2v) is 38.6. The first-order valence-electron chi connectivity index (χ1n) is 40.9. The van der Waals surface area contributed by atoms with Crippen LogP contribution in [0.2, 0.25) is 30.1 Å². The smallest absolute Gasteiger partial charge is 0.358 e. The lowest BCUT2D eigenvalue weighted by Gasteiger charge is -2.33. The lowest BCUT2D eigenvalue weighted by atomic mass is 9.85. The van der Waals surface area contributed by atoms with Gasteiger partial charge in [-0.3, -0.25) is 28.8 Å². The Bertz CT molecular complexity index is 4900. The minimum absolute atomic E-state index is 0. The summed E-state index contributed by atoms with van der Waals surface area (Å²) in [5.74, 6) is -4.43. The highest BCUT2D eigenvalue weighted by atomic mass is 35.5. The molecule has 0 aliphatic carbocycles. The summed E-state index contributed by atoms with van der Waals surface area (Å²) in [6.45, 7) is 7.26. The van der Waals surface area contributed by atoms with E-state index < -0.39 is 72.8 Å². The zero-order chi connectivity index (χ0) is 91.1. The predicted octanol–water partition coefficient (Wildman–Crippen LogP) is 0.263. The summed E-state index contributed by atoms with van der Waals surface area (Å²) >= 11 is 38.4. The standard InChI is InChI=1S/C50H62Cl4N4O11S2.C23H30Cl2N2O4S.C12H12N2O9.2ClH/c1-57-29-45(43-25-37(51)27-49(53)47(43)31-57)35-7-11-41(12-8-35)70(61,62)55-15-19-67-23-21-65-17-3-5-39(59)33-69-34-40(60)6-4-18-66-22-24-68-20-16-56-71(63,64)42-13-9-36(10-14-42)46-30-58(2)32-48-44(46)26-38(52)28-50(48)54;1-27-15-21(20-13-18(24)14-23(25)22(20)16-27)17-3-5-19(6-4-17)32(28,29)12-2-8-30-10-11-31-9-7-26;15-7-3-10(18)13(4-7)22-11(19)5-21-6-12(20)23-14-8(16)1-2-9(14)17;;/h7-14,25-28,45-46,55-56H,3-6,15-24,29-34H2,1-2H3;3-6,13-14,21H,2,7-12,15-16,26H2,1H3;1-6H2;2*1H/t45-,46-;21-;;;/m00.../s1. The third-order valence-corrected chi connectivity index (χ3v) is 26.9. The number of quaternary nitrogens is 2. The lowest BCUT2D eigenvalue weighted by molar-refractivity contribution is -0.897. The van der Waals surface area contributed by atoms with Gasteiger partial charge in [0.25, 0.3) is 17.7 Å². The molecule has 3 amide bonds. The molecule has 0 aromatic heterocycles. The normalized spacial score (nSPS) is 17.4. The van der Waals surface area contributed by atoms with Crippen molar-refractivity contribution in [3.8, 4) is 0 Å². The molecule has 43 heteroatoms. The molecule has 0 radical (unpaired) electrons. The van der Waals surface area contributed by atoms with Crippen molar-refractivity contribution in [2.45, 2.75) is 103 Å². The van der Waals surface area contributed by atoms with Gasteiger partial charge < -0.3 is 92.8 Å². The van der Waals surface area contributed by atoms with Crippen molar-refractivity contribution in [1.82, 2.24) is 24.5 Å². The number of ether oxygens (including phenoxy) is 8. The van der Waals surface area contributed by atoms with Gasteiger partial charge >= 0.3 is 11.9 Å². The highest BCUT2D eigenvalue weighted by Gasteiger charge is 2.37. The predicted molar refractivity (Wildman–Crippen MR) is 467 cm³/mol. The van der Waals surface area contributed by atoms with Gasteiger partial charge in [-0.2, -0.15) is 5.06 Å². The number of imide groups is 1. The molecule has 128 heavy (non-hydrogen) atoms. The SMILES string of the molecule is CN1Cc2c(Cl)cc(Cl)cc2[C@H](c2ccc(S(=O)(=O)CCCOCCOCCN)cc2)C1.C[NH+]1Cc2c(Cl)cc(Cl)cc2[C@H](c2ccc(S(=O)(=O)NCCOCCOCCCC(=O)COCC(=O)CCCOCCOCCNS(=O)(=O)c3ccc([C@@H]4C[NH+](C)Cc5c(Cl)cc(Cl)cc54)cc3)cc2)C1.O=C1CC(=O)N(OC(=O)COCC(=O)ON2C(=O)CCC2=O)C1.[Cl-].[Cl-]. The number of likely N-dealkylation sites (N-methyl/N-ethyl adjacent to an activating group) is 3. The number of sulfonamides is 2. The molecule has 6 aromatic carbocycles. The van der Waals surface area contributed by atoms with Crippen LogP contribution in [-0.4, -0.2) is 266 Å². The van der Waals surface area contributed by atoms with Gasteiger partial charge in [-0.05, 0) is 138 Å². The minimum Gasteiger partial charge on any atom is -1.00 e. The van der Waals surface area contributed by atoms with E-state index in [4.69, 9.17) is 108 Å². The van der Waals surface area contributed by atoms with E-state index >= 15 is 0 Å². The number of nitrogens with one attached hydrogen (secondary N) is 4. The number of Topliss-reactive ketones (excluding diaryl/α,β-unsaturated/α-hetero) is 3. The number of nitrogens with zero attached hydrogens (tertiary/aromatic N) is 3. The summed E-state index contributed by atoms with van der Waals surface area (Å²) in [6, 6.07) is 32.1. The molecule has 5 aliphatic rings. The Morgan fingerprint density at radius 2 is 0.836 bits per heavy atom. The number of halogens is 8. The van der Waals surface area contributed by atoms with Crippen molar-refractivity contribution in [1.29, 1.82) is 0 Å². The monoisotopic (exact) mass is 2000 g/mol. The van der Waals surface area contributed by atoms with Gasteiger partial charge in [0.05, 0.1) is 135 Å². The fourth-order valence-corrected chi connectivity index (χ4v) is 19.5. The second-order valence-electron chi connectivity index (χ2n) is 30.5. The van der Waals surface area contributed by atoms with E-state index in [1.165, 1.54) is 9.80 Å². The molecular weight excluding hydrogens is 1900 g/mol. The molecule has 2 fully saturated rings. The molecular formula is C85H106Cl8N8O24S3. The van der Waals surface area contributed by atoms with Crippen molar-refractivity contribution in [3.05, 3.63) is 189 Å². The van der Waals surface area contributed by atoms with Crippen LogP contribution in [-0.2, 0) is 135 Å². The van der Waals surface area contributed by atoms with E-state index in [2.05, 4.69) is 42.9 Å². The number of nitrogens with two attached hydrogens (primary N) is 1. The van der Waals surface area contributed by atoms with Gasteiger partial charge in [0, 0.05) is 115 Å². The topological polar surface area (TPSA) is 400 Å². The van der Waals surface area contributed by atoms with Gasteiger partial charge in [-0.25, -0.2) is 44.3 Å². The molecule has 2 saturated heterocycles. The Balaban J connectivity index is 0.000000321. The number of hydroxylamine groups is 4. The fraction of sp³-hybridized carbons (Fsp3) is 0.482. The maximum atomic E-state index is 12.9. The first-order valence-corrected chi connectivity index (χ1v) is 47.8. The highest BCUT2D eigenvalue weighted by Crippen LogP contribution is 2.41. The number of amides is 3. The first-order chi connectivity index (χ1) is 60.2. The summed E-state index contributed by atoms with van der Waals surface area (Å²) in [4.78, 5) is 106. The third kappa shape index (κ3) is 34.2. The number of ketones is 3. The number of carbonyl (C=O) groups is 8. The van der Waals surface area contributed by atoms with Crippen LogP contribution in [0.4, 0.5) is 0 Å². The molecule has 5 aliphatic heterocycles. The largest absolute Gasteiger partial charge is 1.00 e. The van der Waals surface area contributed by atoms with Crippen molar-refractivity contribution in [2.24, 2.45) is 5.73 Å². The van der Waals surface area contributed by atoms with Gasteiger partial charge in [0.1, 0.15) is 46.1 Å². The summed E-state index contributed by atoms with van der Waals surface area (Å²) in [5, 5.41) is 4.66. The van der Waals surface area contributed by atoms with Crippen LogP contribution >= 0.6 is 69.6 Å². The van der Waals surface area contributed by atoms with Crippen LogP contribution in [0.15, 0.2) is 124 Å². The first kappa shape index (κ1) is 109. The Hall–Kier alpha value is -6.51. The van der Waals surface area contributed by atoms with E-state index in [-0.39, 0.29) is 180 Å². The maximum Gasteiger partial charge on any atom is 0.358 e. The molecule has 5 atom stereocenters. The van der Waals surface area contributed by atoms with Crippen molar-refractivity contribution >= 4 is 146 Å². The number of benzene rings is 6. The zero-order valence-corrected chi connectivity index (χ0v) is 79.3. The molecule has 704 valence electrons. The third-order valence-electron chi connectivity index (χ3n) is 20.5. The van der Waals surface area contributed by atoms with Gasteiger partial charge in [0.2, 0.25) is 20.0 Å². The molecule has 5 heterocycles. The average Bonchev–Trinajstić information content (AvgIpc) is 1.02. The van der Waals surface area contributed by atoms with Crippen LogP contribution in [0.3, 0.4) is 0 Å². The van der Waals surface area contributed by atoms with E-state index in [0.29, 0.717) is 111 Å². The Morgan fingerprint density at radius 1 is 0.453 bits per heavy atom. The summed E-state index contributed by atoms with van der Waals surface area (Å²) < 4.78 is 125. The summed E-state index contributed by atoms with van der Waals surface area (Å²) in [5.41, 5.74) is 14.8. The molecule has 2 unspecified atom stereocenters. The molecule has 0 saturated carbocycles. The van der Waals surface area contributed by atoms with Gasteiger partial charge in [0.15, 0.2) is 27.2 Å². The average molecular weight is 2000 g/mol. The Labute approximate surface area is 787 Å². The van der Waals surface area contributed by atoms with Crippen LogP contribution in [0, 0.1) is 0 Å². The van der Waals surface area contributed by atoms with Crippen LogP contribution < -0.4 is 49.8 Å². The van der Waals surface area contributed by atoms with Gasteiger partial charge in [-0.1, -0.05) is 106 Å². The molecule has 6 aromatic rings. The van der Waals surface area contributed by atoms with E-state index in [9.17, 15) is 63.6 Å². The van der Waals surface area contributed by atoms with Crippen molar-refractivity contribution in [3.63, 3.8) is 0 Å². The quantitative estimate of drug-likeness (QED) is 0.0194. The number of rotatable bonds is 47. The Morgan fingerprint density at radius 3 is 1.27 bits per heavy atom. The summed E-state index contributed by atoms with van der Waals surface area (Å²) in [6.07, 6.45) is 1.46. The second kappa shape index (κ2) is 54.0. The lowest BCUT2D eigenvalue weighted by Crippen LogP contribution is -3.09. The molecule has 32 nitrogen and oxygen atoms in total. The number of sulfone groups is 1. The highest BCUT2D eigenvalue weighted by molar-refractivity contribution is 7.91. The molecule has 6 N–H and O–H groups in total. The van der Waals surface area contributed by atoms with Crippen molar-refractivity contribution < 1.29 is 146 Å².